The first kappa shape index (κ1) is 19.5. The van der Waals surface area contributed by atoms with Gasteiger partial charge in [-0.25, -0.2) is 0 Å². The molecule has 3 unspecified atom stereocenters. The first-order valence-electron chi connectivity index (χ1n) is 6.07. The lowest BCUT2D eigenvalue weighted by atomic mass is 9.78. The molecule has 4 N–H and O–H groups in total. The predicted octanol–water partition coefficient (Wildman–Crippen LogP) is 3.47. The Morgan fingerprint density at radius 1 is 0.950 bits per heavy atom. The van der Waals surface area contributed by atoms with Crippen LogP contribution in [0.1, 0.15) is 36.3 Å². The first-order chi connectivity index (χ1) is 8.39. The summed E-state index contributed by atoms with van der Waals surface area (Å²) in [4.78, 5) is 0. The normalized spacial score (nSPS) is 26.4. The molecule has 116 valence electrons. The van der Waals surface area contributed by atoms with Gasteiger partial charge in [0.1, 0.15) is 0 Å². The summed E-state index contributed by atoms with van der Waals surface area (Å²) in [7, 11) is 0. The molecule has 7 heteroatoms. The predicted molar refractivity (Wildman–Crippen MR) is 78.5 cm³/mol. The molecule has 3 atom stereocenters. The van der Waals surface area contributed by atoms with E-state index in [0.29, 0.717) is 24.8 Å². The van der Waals surface area contributed by atoms with Gasteiger partial charge in [-0.05, 0) is 36.8 Å². The molecule has 1 fully saturated rings. The van der Waals surface area contributed by atoms with Crippen LogP contribution in [0.3, 0.4) is 0 Å². The summed E-state index contributed by atoms with van der Waals surface area (Å²) in [6.45, 7) is 0. The second-order valence-electron chi connectivity index (χ2n) is 4.92. The third-order valence-corrected chi connectivity index (χ3v) is 3.66. The zero-order valence-corrected chi connectivity index (χ0v) is 12.4. The van der Waals surface area contributed by atoms with Crippen molar-refractivity contribution in [2.45, 2.75) is 43.4 Å². The molecule has 2 rings (SSSR count). The molecular weight excluding hydrogens is 312 g/mol. The van der Waals surface area contributed by atoms with Gasteiger partial charge in [0.2, 0.25) is 0 Å². The topological polar surface area (TPSA) is 52.0 Å². The minimum atomic E-state index is -4.31. The van der Waals surface area contributed by atoms with Crippen molar-refractivity contribution in [3.05, 3.63) is 35.4 Å². The van der Waals surface area contributed by atoms with E-state index in [1.165, 1.54) is 6.07 Å². The lowest BCUT2D eigenvalue weighted by molar-refractivity contribution is -0.138. The van der Waals surface area contributed by atoms with Gasteiger partial charge in [-0.15, -0.1) is 24.8 Å². The van der Waals surface area contributed by atoms with Crippen LogP contribution in [-0.4, -0.2) is 12.1 Å². The Labute approximate surface area is 128 Å². The first-order valence-corrected chi connectivity index (χ1v) is 6.07. The second kappa shape index (κ2) is 7.50. The maximum absolute atomic E-state index is 12.9. The van der Waals surface area contributed by atoms with Crippen molar-refractivity contribution in [3.8, 4) is 0 Å². The van der Waals surface area contributed by atoms with Gasteiger partial charge in [0.05, 0.1) is 5.56 Å². The van der Waals surface area contributed by atoms with Crippen molar-refractivity contribution in [2.24, 2.45) is 11.5 Å². The van der Waals surface area contributed by atoms with E-state index in [4.69, 9.17) is 11.5 Å². The van der Waals surface area contributed by atoms with Crippen molar-refractivity contribution >= 4 is 24.8 Å². The highest BCUT2D eigenvalue weighted by Gasteiger charge is 2.36. The number of nitrogens with two attached hydrogens (primary N) is 2. The van der Waals surface area contributed by atoms with Crippen LogP contribution >= 0.6 is 24.8 Å². The van der Waals surface area contributed by atoms with Crippen LogP contribution in [0, 0.1) is 0 Å². The van der Waals surface area contributed by atoms with Crippen molar-refractivity contribution < 1.29 is 13.2 Å². The fourth-order valence-corrected chi connectivity index (χ4v) is 2.62. The molecule has 0 aliphatic heterocycles. The van der Waals surface area contributed by atoms with Crippen molar-refractivity contribution in [2.75, 3.05) is 0 Å². The molecular formula is C13H19Cl2F3N2. The standard InChI is InChI=1S/C13H17F3N2.2ClH/c14-13(15,16)10-4-2-1-3-9(10)8-5-6-11(17)12(18)7-8;;/h1-4,8,11-12H,5-7,17-18H2;2*1H. The van der Waals surface area contributed by atoms with Gasteiger partial charge in [0.15, 0.2) is 0 Å². The average molecular weight is 331 g/mol. The van der Waals surface area contributed by atoms with Crippen LogP contribution in [0.4, 0.5) is 13.2 Å². The van der Waals surface area contributed by atoms with Crippen molar-refractivity contribution in [1.82, 2.24) is 0 Å². The van der Waals surface area contributed by atoms with Gasteiger partial charge >= 0.3 is 6.18 Å². The number of halogens is 5. The fourth-order valence-electron chi connectivity index (χ4n) is 2.62. The molecule has 0 amide bonds. The van der Waals surface area contributed by atoms with Crippen LogP contribution < -0.4 is 11.5 Å². The van der Waals surface area contributed by atoms with E-state index in [-0.39, 0.29) is 42.8 Å². The molecule has 0 aromatic heterocycles. The molecule has 20 heavy (non-hydrogen) atoms. The monoisotopic (exact) mass is 330 g/mol. The minimum Gasteiger partial charge on any atom is -0.326 e. The summed E-state index contributed by atoms with van der Waals surface area (Å²) < 4.78 is 38.8. The molecule has 2 nitrogen and oxygen atoms in total. The summed E-state index contributed by atoms with van der Waals surface area (Å²) in [6, 6.07) is 5.43. The van der Waals surface area contributed by atoms with E-state index in [1.807, 2.05) is 0 Å². The minimum absolute atomic E-state index is 0. The van der Waals surface area contributed by atoms with Crippen molar-refractivity contribution in [1.29, 1.82) is 0 Å². The Morgan fingerprint density at radius 2 is 1.55 bits per heavy atom. The van der Waals surface area contributed by atoms with E-state index < -0.39 is 11.7 Å². The lowest BCUT2D eigenvalue weighted by Crippen LogP contribution is -2.45. The Bertz CT molecular complexity index is 426. The SMILES string of the molecule is Cl.Cl.NC1CCC(c2ccccc2C(F)(F)F)CC1N. The van der Waals surface area contributed by atoms with Gasteiger partial charge in [-0.1, -0.05) is 18.2 Å². The molecule has 1 saturated carbocycles. The quantitative estimate of drug-likeness (QED) is 0.828. The number of hydrogen-bond donors (Lipinski definition) is 2. The number of benzene rings is 1. The van der Waals surface area contributed by atoms with Gasteiger partial charge in [-0.3, -0.25) is 0 Å². The zero-order chi connectivity index (χ0) is 13.3. The maximum Gasteiger partial charge on any atom is 0.416 e. The average Bonchev–Trinajstić information content (AvgIpc) is 2.32. The van der Waals surface area contributed by atoms with Gasteiger partial charge in [0.25, 0.3) is 0 Å². The third kappa shape index (κ3) is 4.25. The highest BCUT2D eigenvalue weighted by Crippen LogP contribution is 2.39. The van der Waals surface area contributed by atoms with E-state index in [0.717, 1.165) is 6.07 Å². The molecule has 1 aromatic carbocycles. The Hall–Kier alpha value is -0.490. The highest BCUT2D eigenvalue weighted by molar-refractivity contribution is 5.85. The van der Waals surface area contributed by atoms with Gasteiger partial charge in [0, 0.05) is 12.1 Å². The molecule has 0 bridgehead atoms. The Kier molecular flexibility index (Phi) is 7.32. The Morgan fingerprint density at radius 3 is 2.10 bits per heavy atom. The van der Waals surface area contributed by atoms with E-state index in [1.54, 1.807) is 12.1 Å². The Balaban J connectivity index is 0.00000180. The summed E-state index contributed by atoms with van der Waals surface area (Å²) in [5, 5.41) is 0. The number of rotatable bonds is 1. The summed E-state index contributed by atoms with van der Waals surface area (Å²) >= 11 is 0. The summed E-state index contributed by atoms with van der Waals surface area (Å²) in [5.74, 6) is -0.141. The summed E-state index contributed by atoms with van der Waals surface area (Å²) in [5.41, 5.74) is 11.5. The molecule has 1 aliphatic carbocycles. The molecule has 0 spiro atoms. The fraction of sp³-hybridized carbons (Fsp3) is 0.538. The van der Waals surface area contributed by atoms with Crippen LogP contribution in [0.2, 0.25) is 0 Å². The van der Waals surface area contributed by atoms with Crippen LogP contribution in [0.25, 0.3) is 0 Å². The van der Waals surface area contributed by atoms with Crippen LogP contribution in [-0.2, 0) is 6.18 Å². The number of alkyl halides is 3. The summed E-state index contributed by atoms with van der Waals surface area (Å²) in [6.07, 6.45) is -2.44. The largest absolute Gasteiger partial charge is 0.416 e. The van der Waals surface area contributed by atoms with Crippen LogP contribution in [0.15, 0.2) is 24.3 Å². The van der Waals surface area contributed by atoms with E-state index >= 15 is 0 Å². The number of hydrogen-bond acceptors (Lipinski definition) is 2. The lowest BCUT2D eigenvalue weighted by Gasteiger charge is -2.33. The van der Waals surface area contributed by atoms with Gasteiger partial charge in [-0.2, -0.15) is 13.2 Å². The van der Waals surface area contributed by atoms with Crippen LogP contribution in [0.5, 0.6) is 0 Å². The molecule has 0 heterocycles. The molecule has 0 radical (unpaired) electrons. The third-order valence-electron chi connectivity index (χ3n) is 3.66. The van der Waals surface area contributed by atoms with E-state index in [2.05, 4.69) is 0 Å². The molecule has 1 aromatic rings. The smallest absolute Gasteiger partial charge is 0.326 e. The second-order valence-corrected chi connectivity index (χ2v) is 4.92. The van der Waals surface area contributed by atoms with E-state index in [9.17, 15) is 13.2 Å². The van der Waals surface area contributed by atoms with Crippen molar-refractivity contribution in [3.63, 3.8) is 0 Å². The molecule has 0 saturated heterocycles. The van der Waals surface area contributed by atoms with Gasteiger partial charge < -0.3 is 11.5 Å². The maximum atomic E-state index is 12.9. The highest BCUT2D eigenvalue weighted by atomic mass is 35.5. The molecule has 1 aliphatic rings. The zero-order valence-electron chi connectivity index (χ0n) is 10.8.